The average Bonchev–Trinajstić information content (AvgIpc) is 1.53. The van der Waals surface area contributed by atoms with Gasteiger partial charge in [0.1, 0.15) is 11.4 Å². The Bertz CT molecular complexity index is 11100. The highest BCUT2D eigenvalue weighted by Crippen LogP contribution is 2.52. The lowest BCUT2D eigenvalue weighted by Crippen LogP contribution is -2.06. The lowest BCUT2D eigenvalue weighted by molar-refractivity contribution is 0.954. The van der Waals surface area contributed by atoms with Gasteiger partial charge in [-0.3, -0.25) is 13.7 Å². The van der Waals surface area contributed by atoms with Crippen LogP contribution in [0.2, 0.25) is 0 Å². The van der Waals surface area contributed by atoms with Crippen LogP contribution >= 0.6 is 0 Å². The van der Waals surface area contributed by atoms with E-state index in [0.29, 0.717) is 17.6 Å². The van der Waals surface area contributed by atoms with Gasteiger partial charge in [0.15, 0.2) is 23.3 Å². The number of hydrogen-bond donors (Lipinski definition) is 0. The molecule has 12 heterocycles. The molecule has 0 unspecified atom stereocenters. The number of aromatic nitrogens is 13. The van der Waals surface area contributed by atoms with Crippen molar-refractivity contribution in [3.8, 4) is 74.0 Å². The quantitative estimate of drug-likeness (QED) is 0.139. The summed E-state index contributed by atoms with van der Waals surface area (Å²) in [5.74, 6) is 3.54. The zero-order chi connectivity index (χ0) is 92.6. The molecule has 13 heteroatoms. The molecule has 0 N–H and O–H groups in total. The highest BCUT2D eigenvalue weighted by molar-refractivity contribution is 6.37. The Balaban J connectivity index is 0.0000000977. The molecule has 33 aromatic rings. The molecular weight excluding hydrogens is 1730 g/mol. The summed E-state index contributed by atoms with van der Waals surface area (Å²) < 4.78 is 14.4. The molecule has 0 aliphatic heterocycles. The highest BCUT2D eigenvalue weighted by atomic mass is 15.2. The largest absolute Gasteiger partial charge is 0.308 e. The summed E-state index contributed by atoms with van der Waals surface area (Å²) in [6.07, 6.45) is 0. The van der Waals surface area contributed by atoms with E-state index in [4.69, 9.17) is 34.9 Å². The summed E-state index contributed by atoms with van der Waals surface area (Å²) >= 11 is 0. The predicted molar refractivity (Wildman–Crippen MR) is 588 cm³/mol. The van der Waals surface area contributed by atoms with Crippen molar-refractivity contribution in [3.63, 3.8) is 0 Å². The van der Waals surface area contributed by atoms with Crippen LogP contribution in [0.3, 0.4) is 0 Å². The third-order valence-corrected chi connectivity index (χ3v) is 29.7. The van der Waals surface area contributed by atoms with Gasteiger partial charge in [0, 0.05) is 108 Å². The van der Waals surface area contributed by atoms with Gasteiger partial charge in [0.2, 0.25) is 5.95 Å². The predicted octanol–water partition coefficient (Wildman–Crippen LogP) is 32.5. The first-order chi connectivity index (χ1) is 70.5. The third-order valence-electron chi connectivity index (χ3n) is 29.7. The van der Waals surface area contributed by atoms with Gasteiger partial charge >= 0.3 is 0 Å². The van der Waals surface area contributed by atoms with Crippen LogP contribution in [0.1, 0.15) is 0 Å². The van der Waals surface area contributed by atoms with Gasteiger partial charge in [-0.15, -0.1) is 0 Å². The van der Waals surface area contributed by atoms with Crippen molar-refractivity contribution >= 4 is 223 Å². The van der Waals surface area contributed by atoms with Crippen molar-refractivity contribution in [2.75, 3.05) is 0 Å². The Hall–Kier alpha value is -19.4. The fourth-order valence-electron chi connectivity index (χ4n) is 23.8. The fourth-order valence-corrected chi connectivity index (χ4v) is 23.8. The van der Waals surface area contributed by atoms with E-state index >= 15 is 0 Å². The summed E-state index contributed by atoms with van der Waals surface area (Å²) in [5.41, 5.74) is 29.1. The Kier molecular flexibility index (Phi) is 16.5. The van der Waals surface area contributed by atoms with Crippen LogP contribution in [-0.2, 0) is 0 Å². The molecule has 0 atom stereocenters. The van der Waals surface area contributed by atoms with Gasteiger partial charge < -0.3 is 13.2 Å². The van der Waals surface area contributed by atoms with Crippen LogP contribution in [0.15, 0.2) is 455 Å². The molecule has 656 valence electrons. The molecule has 0 fully saturated rings. The van der Waals surface area contributed by atoms with Crippen molar-refractivity contribution in [1.29, 1.82) is 0 Å². The first-order valence-corrected chi connectivity index (χ1v) is 48.3. The Morgan fingerprint density at radius 1 is 0.155 bits per heavy atom. The van der Waals surface area contributed by atoms with E-state index in [0.717, 1.165) is 122 Å². The molecule has 0 saturated heterocycles. The van der Waals surface area contributed by atoms with Crippen LogP contribution in [0.4, 0.5) is 0 Å². The molecule has 0 bridgehead atoms. The minimum atomic E-state index is 0.597. The van der Waals surface area contributed by atoms with Crippen molar-refractivity contribution in [2.45, 2.75) is 0 Å². The van der Waals surface area contributed by atoms with Gasteiger partial charge in [0.25, 0.3) is 0 Å². The molecule has 142 heavy (non-hydrogen) atoms. The lowest BCUT2D eigenvalue weighted by atomic mass is 10.0. The van der Waals surface area contributed by atoms with Gasteiger partial charge in [0.05, 0.1) is 105 Å². The number of fused-ring (bicyclic) bond motifs is 23. The monoisotopic (exact) mass is 1810 g/mol. The number of nitrogens with zero attached hydrogens (tertiary/aromatic N) is 13. The van der Waals surface area contributed by atoms with E-state index < -0.39 is 0 Å². The van der Waals surface area contributed by atoms with Crippen LogP contribution in [0, 0.1) is 0 Å². The smallest absolute Gasteiger partial charge is 0.238 e. The Labute approximate surface area is 808 Å². The van der Waals surface area contributed by atoms with E-state index in [1.165, 1.54) is 158 Å². The second-order valence-electron chi connectivity index (χ2n) is 37.2. The van der Waals surface area contributed by atoms with Crippen molar-refractivity contribution in [3.05, 3.63) is 455 Å². The first-order valence-electron chi connectivity index (χ1n) is 48.3. The number of para-hydroxylation sites is 8. The van der Waals surface area contributed by atoms with E-state index in [9.17, 15) is 0 Å². The number of hydrogen-bond acceptors (Lipinski definition) is 7. The van der Waals surface area contributed by atoms with Gasteiger partial charge in [-0.05, 0) is 147 Å². The molecule has 12 aromatic heterocycles. The van der Waals surface area contributed by atoms with Crippen molar-refractivity contribution in [1.82, 2.24) is 61.8 Å². The third kappa shape index (κ3) is 11.2. The van der Waals surface area contributed by atoms with Crippen molar-refractivity contribution < 1.29 is 0 Å². The standard InChI is InChI=1S/C44H26N4.C43H25N5.C42H24N4/c1-2-12-27(13-3-1)28-14-10-15-29(26-28)42-44(46-35-20-7-6-19-34(35)45-42)48-38-23-11-18-32-30-16-4-8-21-36(30)47-37-22-9-5-17-31(37)33-24-25-39(48)41(40(32)38)43(33)47;1-2-12-27(13-3-1)41-44-42(29-22-21-26-11-4-5-14-28(26)25-29)46-43(45-41)48-36-20-10-17-32-30-15-6-8-18-34(30)47-35-19-9-7-16-31(35)33-23-24-37(48)39(38(32)36)40(33)47;1-2-12-26(13-3-1)39-42(44-40-27-14-5-4-11-25(27)21-23-32(40)43-39)46-35-20-10-17-30-28-15-6-8-18-33(28)45-34-19-9-7-16-29(34)31-22-24-36(46)38(37(30)35)41(31)45/h1-26H;1-25H;1-24H. The van der Waals surface area contributed by atoms with Crippen LogP contribution in [-0.4, -0.2) is 61.8 Å². The summed E-state index contributed by atoms with van der Waals surface area (Å²) in [5, 5.41) is 26.8. The summed E-state index contributed by atoms with van der Waals surface area (Å²) in [7, 11) is 0. The minimum absolute atomic E-state index is 0.597. The summed E-state index contributed by atoms with van der Waals surface area (Å²) in [6, 6.07) is 162. The molecule has 0 radical (unpaired) electrons. The van der Waals surface area contributed by atoms with E-state index in [1.54, 1.807) is 0 Å². The van der Waals surface area contributed by atoms with Crippen LogP contribution < -0.4 is 0 Å². The van der Waals surface area contributed by atoms with Crippen LogP contribution in [0.25, 0.3) is 297 Å². The Morgan fingerprint density at radius 2 is 0.493 bits per heavy atom. The zero-order valence-corrected chi connectivity index (χ0v) is 76.1. The first kappa shape index (κ1) is 77.9. The number of rotatable bonds is 8. The highest BCUT2D eigenvalue weighted by Gasteiger charge is 2.32. The molecule has 0 aliphatic carbocycles. The lowest BCUT2D eigenvalue weighted by Gasteiger charge is -2.15. The molecular formula is C129H75N13. The van der Waals surface area contributed by atoms with Gasteiger partial charge in [-0.25, -0.2) is 24.9 Å². The molecule has 21 aromatic carbocycles. The molecule has 0 amide bonds. The zero-order valence-electron chi connectivity index (χ0n) is 76.1. The second kappa shape index (κ2) is 30.1. The number of benzene rings is 21. The maximum Gasteiger partial charge on any atom is 0.238 e. The van der Waals surface area contributed by atoms with Gasteiger partial charge in [-0.2, -0.15) is 9.97 Å². The SMILES string of the molecule is c1ccc(-c2cccc(-c3nc4ccccc4nc3-n3c4cccc5c6ccccc6n6c7ccccc7c7ccc3c(c54)c76)c2)cc1.c1ccc(-c2nc(-c3ccc4ccccc4c3)nc(-n3c4cccc5c6ccccc6n6c7ccccc7c7ccc3c(c54)c76)n2)cc1.c1ccc(-c2nc3ccc4ccccc4c3nc2-n2c3cccc4c5ccccc5n5c6ccccc6c6ccc2c(c43)c65)cc1. The maximum atomic E-state index is 5.55. The maximum absolute atomic E-state index is 5.55. The van der Waals surface area contributed by atoms with Gasteiger partial charge in [-0.1, -0.05) is 352 Å². The molecule has 13 nitrogen and oxygen atoms in total. The Morgan fingerprint density at radius 3 is 1.00 bits per heavy atom. The molecule has 0 saturated carbocycles. The average molecular weight is 1810 g/mol. The second-order valence-corrected chi connectivity index (χ2v) is 37.2. The molecule has 33 rings (SSSR count). The summed E-state index contributed by atoms with van der Waals surface area (Å²) in [6.45, 7) is 0. The summed E-state index contributed by atoms with van der Waals surface area (Å²) in [4.78, 5) is 37.2. The minimum Gasteiger partial charge on any atom is -0.308 e. The van der Waals surface area contributed by atoms with E-state index in [-0.39, 0.29) is 0 Å². The van der Waals surface area contributed by atoms with E-state index in [1.807, 2.05) is 30.3 Å². The van der Waals surface area contributed by atoms with E-state index in [2.05, 4.69) is 452 Å². The normalized spacial score (nSPS) is 12.2. The molecule has 0 spiro atoms. The van der Waals surface area contributed by atoms with Crippen LogP contribution in [0.5, 0.6) is 0 Å². The molecule has 0 aliphatic rings. The topological polar surface area (TPSA) is 118 Å². The fraction of sp³-hybridized carbons (Fsp3) is 0. The van der Waals surface area contributed by atoms with Crippen molar-refractivity contribution in [2.24, 2.45) is 0 Å².